The van der Waals surface area contributed by atoms with Crippen LogP contribution in [0.25, 0.3) is 0 Å². The Kier molecular flexibility index (Phi) is 7.99. The van der Waals surface area contributed by atoms with Crippen LogP contribution in [0, 0.1) is 5.92 Å². The largest absolute Gasteiger partial charge is 0.455 e. The van der Waals surface area contributed by atoms with Crippen molar-refractivity contribution >= 4 is 50.9 Å². The molecule has 1 fully saturated rings. The molecular formula is C21H23ClN2O5S2. The highest BCUT2D eigenvalue weighted by Gasteiger charge is 2.30. The molecule has 3 rings (SSSR count). The maximum Gasteiger partial charge on any atom is 0.309 e. The van der Waals surface area contributed by atoms with Crippen molar-refractivity contribution in [2.45, 2.75) is 22.6 Å². The Balaban J connectivity index is 1.51. The van der Waals surface area contributed by atoms with E-state index in [9.17, 15) is 18.0 Å². The first-order chi connectivity index (χ1) is 14.7. The van der Waals surface area contributed by atoms with Crippen molar-refractivity contribution in [1.29, 1.82) is 0 Å². The number of anilines is 1. The molecule has 0 bridgehead atoms. The predicted octanol–water partition coefficient (Wildman–Crippen LogP) is 3.64. The van der Waals surface area contributed by atoms with E-state index < -0.39 is 34.4 Å². The smallest absolute Gasteiger partial charge is 0.309 e. The minimum absolute atomic E-state index is 0.278. The first-order valence-corrected chi connectivity index (χ1v) is 12.7. The third-order valence-electron chi connectivity index (χ3n) is 4.80. The SMILES string of the molecule is CS(=O)(=O)N1CCC(C(=O)OCC(=O)Nc2ccccc2Sc2ccc(Cl)cc2)CC1. The number of hydrogen-bond donors (Lipinski definition) is 1. The van der Waals surface area contributed by atoms with E-state index in [0.717, 1.165) is 16.0 Å². The highest BCUT2D eigenvalue weighted by atomic mass is 35.5. The molecule has 1 amide bonds. The molecule has 0 saturated carbocycles. The van der Waals surface area contributed by atoms with Crippen LogP contribution in [0.15, 0.2) is 58.3 Å². The second kappa shape index (κ2) is 10.5. The zero-order valence-electron chi connectivity index (χ0n) is 16.9. The lowest BCUT2D eigenvalue weighted by Crippen LogP contribution is -2.40. The Morgan fingerprint density at radius 2 is 1.77 bits per heavy atom. The fraction of sp³-hybridized carbons (Fsp3) is 0.333. The maximum atomic E-state index is 12.3. The van der Waals surface area contributed by atoms with E-state index in [0.29, 0.717) is 23.6 Å². The third kappa shape index (κ3) is 6.96. The Morgan fingerprint density at radius 3 is 2.42 bits per heavy atom. The number of hydrogen-bond acceptors (Lipinski definition) is 6. The molecule has 1 aliphatic heterocycles. The van der Waals surface area contributed by atoms with E-state index in [4.69, 9.17) is 16.3 Å². The summed E-state index contributed by atoms with van der Waals surface area (Å²) in [4.78, 5) is 26.4. The van der Waals surface area contributed by atoms with Crippen LogP contribution in [0.5, 0.6) is 0 Å². The Labute approximate surface area is 191 Å². The van der Waals surface area contributed by atoms with E-state index in [1.807, 2.05) is 30.3 Å². The molecule has 0 spiro atoms. The normalized spacial score (nSPS) is 15.4. The van der Waals surface area contributed by atoms with Gasteiger partial charge in [-0.3, -0.25) is 9.59 Å². The Morgan fingerprint density at radius 1 is 1.13 bits per heavy atom. The van der Waals surface area contributed by atoms with Crippen molar-refractivity contribution in [2.75, 3.05) is 31.3 Å². The van der Waals surface area contributed by atoms with Crippen LogP contribution in [0.4, 0.5) is 5.69 Å². The fourth-order valence-corrected chi connectivity index (χ4v) is 5.05. The molecule has 0 aromatic heterocycles. The minimum Gasteiger partial charge on any atom is -0.455 e. The van der Waals surface area contributed by atoms with Crippen LogP contribution in [0.1, 0.15) is 12.8 Å². The van der Waals surface area contributed by atoms with Gasteiger partial charge >= 0.3 is 5.97 Å². The van der Waals surface area contributed by atoms with E-state index in [1.54, 1.807) is 18.2 Å². The molecule has 1 heterocycles. The highest BCUT2D eigenvalue weighted by Crippen LogP contribution is 2.33. The summed E-state index contributed by atoms with van der Waals surface area (Å²) < 4.78 is 29.6. The third-order valence-corrected chi connectivity index (χ3v) is 7.44. The molecule has 10 heteroatoms. The number of sulfonamides is 1. The van der Waals surface area contributed by atoms with Crippen LogP contribution < -0.4 is 5.32 Å². The summed E-state index contributed by atoms with van der Waals surface area (Å²) in [7, 11) is -3.26. The van der Waals surface area contributed by atoms with Gasteiger partial charge in [-0.2, -0.15) is 0 Å². The van der Waals surface area contributed by atoms with E-state index in [2.05, 4.69) is 5.32 Å². The Hall–Kier alpha value is -2.07. The average Bonchev–Trinajstić information content (AvgIpc) is 2.74. The molecule has 0 unspecified atom stereocenters. The zero-order chi connectivity index (χ0) is 22.4. The maximum absolute atomic E-state index is 12.3. The number of para-hydroxylation sites is 1. The first-order valence-electron chi connectivity index (χ1n) is 9.66. The Bertz CT molecular complexity index is 1040. The number of halogens is 1. The van der Waals surface area contributed by atoms with Gasteiger partial charge in [-0.05, 0) is 49.2 Å². The van der Waals surface area contributed by atoms with Crippen LogP contribution in [0.3, 0.4) is 0 Å². The number of nitrogens with zero attached hydrogens (tertiary/aromatic N) is 1. The van der Waals surface area contributed by atoms with Crippen molar-refractivity contribution in [1.82, 2.24) is 4.31 Å². The second-order valence-corrected chi connectivity index (χ2v) is 10.7. The molecule has 31 heavy (non-hydrogen) atoms. The molecule has 1 saturated heterocycles. The number of esters is 1. The van der Waals surface area contributed by atoms with Crippen molar-refractivity contribution in [3.63, 3.8) is 0 Å². The summed E-state index contributed by atoms with van der Waals surface area (Å²) in [6, 6.07) is 14.7. The van der Waals surface area contributed by atoms with Gasteiger partial charge in [0.15, 0.2) is 6.61 Å². The first kappa shape index (κ1) is 23.6. The average molecular weight is 483 g/mol. The van der Waals surface area contributed by atoms with E-state index in [1.165, 1.54) is 16.1 Å². The standard InChI is InChI=1S/C21H23ClN2O5S2/c1-31(27,28)24-12-10-15(11-13-24)21(26)29-14-20(25)23-18-4-2-3-5-19(18)30-17-8-6-16(22)7-9-17/h2-9,15H,10-14H2,1H3,(H,23,25). The molecule has 2 aromatic carbocycles. The summed E-state index contributed by atoms with van der Waals surface area (Å²) in [5, 5.41) is 3.42. The molecule has 0 radical (unpaired) electrons. The molecule has 1 aliphatic rings. The monoisotopic (exact) mass is 482 g/mol. The minimum atomic E-state index is -3.26. The van der Waals surface area contributed by atoms with Gasteiger partial charge in [0.1, 0.15) is 0 Å². The molecule has 1 N–H and O–H groups in total. The summed E-state index contributed by atoms with van der Waals surface area (Å²) in [6.45, 7) is 0.158. The highest BCUT2D eigenvalue weighted by molar-refractivity contribution is 7.99. The lowest BCUT2D eigenvalue weighted by atomic mass is 9.98. The molecular weight excluding hydrogens is 460 g/mol. The number of carbonyl (C=O) groups excluding carboxylic acids is 2. The number of carbonyl (C=O) groups is 2. The van der Waals surface area contributed by atoms with Crippen LogP contribution in [-0.2, 0) is 24.3 Å². The summed E-state index contributed by atoms with van der Waals surface area (Å²) in [5.74, 6) is -1.32. The van der Waals surface area contributed by atoms with Gasteiger partial charge in [0.05, 0.1) is 17.9 Å². The molecule has 0 aliphatic carbocycles. The lowest BCUT2D eigenvalue weighted by Gasteiger charge is -2.28. The number of nitrogens with one attached hydrogen (secondary N) is 1. The quantitative estimate of drug-likeness (QED) is 0.605. The van der Waals surface area contributed by atoms with Crippen molar-refractivity contribution < 1.29 is 22.7 Å². The van der Waals surface area contributed by atoms with Crippen LogP contribution >= 0.6 is 23.4 Å². The predicted molar refractivity (Wildman–Crippen MR) is 121 cm³/mol. The van der Waals surface area contributed by atoms with E-state index in [-0.39, 0.29) is 13.1 Å². The van der Waals surface area contributed by atoms with Gasteiger partial charge in [0.25, 0.3) is 5.91 Å². The fourth-order valence-electron chi connectivity index (χ4n) is 3.15. The van der Waals surface area contributed by atoms with Gasteiger partial charge < -0.3 is 10.1 Å². The van der Waals surface area contributed by atoms with E-state index >= 15 is 0 Å². The number of ether oxygens (including phenoxy) is 1. The van der Waals surface area contributed by atoms with Crippen molar-refractivity contribution in [3.8, 4) is 0 Å². The second-order valence-electron chi connectivity index (χ2n) is 7.14. The van der Waals surface area contributed by atoms with Gasteiger partial charge in [0.2, 0.25) is 10.0 Å². The molecule has 0 atom stereocenters. The number of rotatable bonds is 7. The van der Waals surface area contributed by atoms with Gasteiger partial charge in [-0.25, -0.2) is 12.7 Å². The summed E-state index contributed by atoms with van der Waals surface area (Å²) in [6.07, 6.45) is 1.92. The topological polar surface area (TPSA) is 92.8 Å². The number of piperidine rings is 1. The van der Waals surface area contributed by atoms with Crippen molar-refractivity contribution in [2.24, 2.45) is 5.92 Å². The van der Waals surface area contributed by atoms with Gasteiger partial charge in [0, 0.05) is 27.9 Å². The lowest BCUT2D eigenvalue weighted by molar-refractivity contribution is -0.152. The van der Waals surface area contributed by atoms with Crippen molar-refractivity contribution in [3.05, 3.63) is 53.6 Å². The summed E-state index contributed by atoms with van der Waals surface area (Å²) in [5.41, 5.74) is 0.616. The summed E-state index contributed by atoms with van der Waals surface area (Å²) >= 11 is 7.40. The number of amides is 1. The number of benzene rings is 2. The molecule has 166 valence electrons. The van der Waals surface area contributed by atoms with Crippen LogP contribution in [-0.4, -0.2) is 50.6 Å². The van der Waals surface area contributed by atoms with Gasteiger partial charge in [-0.1, -0.05) is 35.5 Å². The molecule has 2 aromatic rings. The molecule has 7 nitrogen and oxygen atoms in total. The van der Waals surface area contributed by atoms with Gasteiger partial charge in [-0.15, -0.1) is 0 Å². The zero-order valence-corrected chi connectivity index (χ0v) is 19.3. The van der Waals surface area contributed by atoms with Crippen LogP contribution in [0.2, 0.25) is 5.02 Å².